The molecule has 2 atom stereocenters. The van der Waals surface area contributed by atoms with E-state index in [1.807, 2.05) is 0 Å². The number of methoxy groups -OCH3 is 1. The Labute approximate surface area is 202 Å². The number of anilines is 1. The predicted molar refractivity (Wildman–Crippen MR) is 129 cm³/mol. The molecule has 1 aromatic carbocycles. The van der Waals surface area contributed by atoms with E-state index in [4.69, 9.17) is 10.5 Å². The van der Waals surface area contributed by atoms with Crippen LogP contribution in [-0.4, -0.2) is 43.0 Å². The number of aliphatic imine (C=N–C) groups is 1. The third-order valence-corrected chi connectivity index (χ3v) is 8.72. The van der Waals surface area contributed by atoms with Gasteiger partial charge in [-0.15, -0.1) is 0 Å². The van der Waals surface area contributed by atoms with Gasteiger partial charge >= 0.3 is 0 Å². The molecule has 0 saturated heterocycles. The molecule has 0 fully saturated rings. The molecule has 182 valence electrons. The van der Waals surface area contributed by atoms with Crippen LogP contribution in [0.5, 0.6) is 5.75 Å². The van der Waals surface area contributed by atoms with Crippen molar-refractivity contribution in [3.63, 3.8) is 0 Å². The number of nitrogens with zero attached hydrogens (tertiary/aromatic N) is 3. The summed E-state index contributed by atoms with van der Waals surface area (Å²) < 4.78 is 45.4. The summed E-state index contributed by atoms with van der Waals surface area (Å²) in [6, 6.07) is 11.8. The van der Waals surface area contributed by atoms with Gasteiger partial charge in [0, 0.05) is 17.4 Å². The number of benzene rings is 1. The van der Waals surface area contributed by atoms with E-state index in [9.17, 15) is 17.6 Å². The van der Waals surface area contributed by atoms with Crippen LogP contribution in [0, 0.1) is 5.82 Å². The summed E-state index contributed by atoms with van der Waals surface area (Å²) >= 11 is 0. The molecule has 35 heavy (non-hydrogen) atoms. The average Bonchev–Trinajstić information content (AvgIpc) is 2.83. The molecule has 0 spiro atoms. The maximum atomic E-state index is 15.0. The van der Waals surface area contributed by atoms with Gasteiger partial charge in [-0.05, 0) is 56.3 Å². The van der Waals surface area contributed by atoms with Crippen LogP contribution >= 0.6 is 0 Å². The summed E-state index contributed by atoms with van der Waals surface area (Å²) in [4.78, 5) is 25.3. The standard InChI is InChI=1S/C24H24FN5O4S/c1-23(14-35(32,33)24(2,22(26)30-23)20-6-4-5-11-27-20)17-12-15(7-9-18(17)25)29-21(31)19-10-8-16(34-3)13-28-19/h4-13H,14H2,1-3H3,(H2,26,30)(H,29,31)/t23-,24-/m0/s1. The number of nitrogens with one attached hydrogen (secondary N) is 1. The van der Waals surface area contributed by atoms with Gasteiger partial charge in [0.2, 0.25) is 0 Å². The Bertz CT molecular complexity index is 1410. The zero-order valence-corrected chi connectivity index (χ0v) is 20.1. The zero-order valence-electron chi connectivity index (χ0n) is 19.3. The molecule has 0 aliphatic carbocycles. The second-order valence-electron chi connectivity index (χ2n) is 8.51. The molecule has 0 radical (unpaired) electrons. The van der Waals surface area contributed by atoms with Crippen LogP contribution in [0.15, 0.2) is 65.9 Å². The molecule has 3 aromatic rings. The molecule has 0 saturated carbocycles. The number of pyridine rings is 2. The van der Waals surface area contributed by atoms with Crippen LogP contribution in [0.3, 0.4) is 0 Å². The van der Waals surface area contributed by atoms with Crippen LogP contribution in [0.25, 0.3) is 0 Å². The first-order chi connectivity index (χ1) is 16.5. The van der Waals surface area contributed by atoms with Crippen LogP contribution in [0.4, 0.5) is 10.1 Å². The largest absolute Gasteiger partial charge is 0.495 e. The van der Waals surface area contributed by atoms with Crippen molar-refractivity contribution in [3.8, 4) is 5.75 Å². The van der Waals surface area contributed by atoms with Gasteiger partial charge < -0.3 is 15.8 Å². The first kappa shape index (κ1) is 24.3. The van der Waals surface area contributed by atoms with E-state index in [0.717, 1.165) is 6.07 Å². The summed E-state index contributed by atoms with van der Waals surface area (Å²) in [5.41, 5.74) is 5.27. The Morgan fingerprint density at radius 1 is 1.14 bits per heavy atom. The number of carbonyl (C=O) groups excluding carboxylic acids is 1. The Balaban J connectivity index is 1.71. The van der Waals surface area contributed by atoms with Crippen LogP contribution in [0.1, 0.15) is 35.6 Å². The van der Waals surface area contributed by atoms with Crippen molar-refractivity contribution >= 4 is 27.3 Å². The van der Waals surface area contributed by atoms with Crippen molar-refractivity contribution in [3.05, 3.63) is 83.7 Å². The molecule has 3 heterocycles. The second-order valence-corrected chi connectivity index (χ2v) is 10.8. The normalized spacial score (nSPS) is 23.3. The highest BCUT2D eigenvalue weighted by molar-refractivity contribution is 7.93. The fraction of sp³-hybridized carbons (Fsp3) is 0.250. The number of rotatable bonds is 5. The number of carbonyl (C=O) groups is 1. The van der Waals surface area contributed by atoms with Gasteiger partial charge in [0.25, 0.3) is 5.91 Å². The molecule has 0 unspecified atom stereocenters. The number of amidine groups is 1. The Morgan fingerprint density at radius 3 is 2.51 bits per heavy atom. The molecule has 9 nitrogen and oxygen atoms in total. The summed E-state index contributed by atoms with van der Waals surface area (Å²) in [5, 5.41) is 2.65. The average molecular weight is 498 g/mol. The molecule has 2 aromatic heterocycles. The first-order valence-corrected chi connectivity index (χ1v) is 12.3. The number of hydrogen-bond acceptors (Lipinski definition) is 8. The van der Waals surface area contributed by atoms with Crippen LogP contribution < -0.4 is 15.8 Å². The van der Waals surface area contributed by atoms with E-state index in [1.165, 1.54) is 51.6 Å². The SMILES string of the molecule is COc1ccc(C(=O)Nc2ccc(F)c([C@]3(C)CS(=O)(=O)[C@@](C)(c4ccccn4)C(N)=N3)c2)nc1. The molecular formula is C24H24FN5O4S. The lowest BCUT2D eigenvalue weighted by molar-refractivity contribution is 0.102. The van der Waals surface area contributed by atoms with Crippen LogP contribution in [-0.2, 0) is 20.1 Å². The molecule has 1 aliphatic rings. The summed E-state index contributed by atoms with van der Waals surface area (Å²) in [5.74, 6) is -1.42. The van der Waals surface area contributed by atoms with E-state index >= 15 is 0 Å². The number of nitrogens with two attached hydrogens (primary N) is 1. The quantitative estimate of drug-likeness (QED) is 0.553. The molecule has 1 amide bonds. The summed E-state index contributed by atoms with van der Waals surface area (Å²) in [6.07, 6.45) is 2.87. The second kappa shape index (κ2) is 8.73. The van der Waals surface area contributed by atoms with Gasteiger partial charge in [0.05, 0.1) is 24.8 Å². The third-order valence-electron chi connectivity index (χ3n) is 6.11. The van der Waals surface area contributed by atoms with Crippen molar-refractivity contribution in [1.82, 2.24) is 9.97 Å². The number of aromatic nitrogens is 2. The smallest absolute Gasteiger partial charge is 0.274 e. The van der Waals surface area contributed by atoms with Gasteiger partial charge in [-0.1, -0.05) is 6.07 Å². The Hall–Kier alpha value is -3.86. The van der Waals surface area contributed by atoms with Gasteiger partial charge in [-0.2, -0.15) is 0 Å². The van der Waals surface area contributed by atoms with E-state index < -0.39 is 37.6 Å². The molecule has 1 aliphatic heterocycles. The molecular weight excluding hydrogens is 473 g/mol. The molecule has 4 rings (SSSR count). The Morgan fingerprint density at radius 2 is 1.91 bits per heavy atom. The number of ether oxygens (including phenoxy) is 1. The van der Waals surface area contributed by atoms with Crippen LogP contribution in [0.2, 0.25) is 0 Å². The van der Waals surface area contributed by atoms with Gasteiger partial charge in [0.15, 0.2) is 14.6 Å². The minimum Gasteiger partial charge on any atom is -0.495 e. The minimum atomic E-state index is -3.98. The lowest BCUT2D eigenvalue weighted by atomic mass is 9.92. The highest BCUT2D eigenvalue weighted by Gasteiger charge is 2.54. The van der Waals surface area contributed by atoms with Gasteiger partial charge in [-0.25, -0.2) is 17.8 Å². The van der Waals surface area contributed by atoms with Crippen molar-refractivity contribution in [2.24, 2.45) is 10.7 Å². The highest BCUT2D eigenvalue weighted by atomic mass is 32.2. The molecule has 3 N–H and O–H groups in total. The van der Waals surface area contributed by atoms with E-state index in [-0.39, 0.29) is 28.5 Å². The number of amides is 1. The van der Waals surface area contributed by atoms with Crippen molar-refractivity contribution in [1.29, 1.82) is 0 Å². The fourth-order valence-electron chi connectivity index (χ4n) is 4.00. The monoisotopic (exact) mass is 497 g/mol. The maximum Gasteiger partial charge on any atom is 0.274 e. The fourth-order valence-corrected chi connectivity index (χ4v) is 6.05. The van der Waals surface area contributed by atoms with E-state index in [0.29, 0.717) is 5.75 Å². The number of sulfone groups is 1. The summed E-state index contributed by atoms with van der Waals surface area (Å²) in [7, 11) is -2.49. The van der Waals surface area contributed by atoms with Crippen molar-refractivity contribution in [2.75, 3.05) is 18.2 Å². The molecule has 0 bridgehead atoms. The maximum absolute atomic E-state index is 15.0. The lowest BCUT2D eigenvalue weighted by Gasteiger charge is -2.39. The predicted octanol–water partition coefficient (Wildman–Crippen LogP) is 2.79. The number of hydrogen-bond donors (Lipinski definition) is 2. The van der Waals surface area contributed by atoms with Crippen molar-refractivity contribution in [2.45, 2.75) is 24.1 Å². The highest BCUT2D eigenvalue weighted by Crippen LogP contribution is 2.42. The topological polar surface area (TPSA) is 137 Å². The van der Waals surface area contributed by atoms with Gasteiger partial charge in [-0.3, -0.25) is 14.8 Å². The van der Waals surface area contributed by atoms with E-state index in [1.54, 1.807) is 24.3 Å². The van der Waals surface area contributed by atoms with Gasteiger partial charge in [0.1, 0.15) is 28.6 Å². The zero-order chi connectivity index (χ0) is 25.4. The molecule has 11 heteroatoms. The Kier molecular flexibility index (Phi) is 6.05. The number of halogens is 1. The first-order valence-electron chi connectivity index (χ1n) is 10.6. The minimum absolute atomic E-state index is 0.0208. The third kappa shape index (κ3) is 4.23. The van der Waals surface area contributed by atoms with E-state index in [2.05, 4.69) is 20.3 Å². The lowest BCUT2D eigenvalue weighted by Crippen LogP contribution is -2.55. The van der Waals surface area contributed by atoms with Crippen molar-refractivity contribution < 1.29 is 22.3 Å². The summed E-state index contributed by atoms with van der Waals surface area (Å²) in [6.45, 7) is 2.93.